The van der Waals surface area contributed by atoms with Crippen LogP contribution in [0.5, 0.6) is 0 Å². The summed E-state index contributed by atoms with van der Waals surface area (Å²) < 4.78 is 15.1. The molecule has 0 saturated carbocycles. The van der Waals surface area contributed by atoms with Crippen LogP contribution in [-0.2, 0) is 19.5 Å². The number of carbonyl (C=O) groups excluding carboxylic acids is 1. The summed E-state index contributed by atoms with van der Waals surface area (Å²) in [6.45, 7) is 11.8. The molecule has 10 heteroatoms. The van der Waals surface area contributed by atoms with Gasteiger partial charge in [0, 0.05) is 69.7 Å². The third-order valence-electron chi connectivity index (χ3n) is 8.31. The lowest BCUT2D eigenvalue weighted by atomic mass is 9.91. The predicted molar refractivity (Wildman–Crippen MR) is 173 cm³/mol. The van der Waals surface area contributed by atoms with Crippen LogP contribution in [0.1, 0.15) is 65.2 Å². The highest BCUT2D eigenvalue weighted by Gasteiger charge is 2.38. The van der Waals surface area contributed by atoms with Crippen molar-refractivity contribution in [3.05, 3.63) is 93.2 Å². The SMILES string of the molecule is CC1(C)CN(C(=O)c2ccc(Nc3ncc4c(n3)-c3sc5c(c3C(c3ccccc3F)=NC4)CCNC5)cc2)CC(C)(C)N1. The van der Waals surface area contributed by atoms with Crippen molar-refractivity contribution in [2.24, 2.45) is 4.99 Å². The Morgan fingerprint density at radius 3 is 2.55 bits per heavy atom. The van der Waals surface area contributed by atoms with E-state index in [1.807, 2.05) is 41.4 Å². The van der Waals surface area contributed by atoms with Crippen LogP contribution >= 0.6 is 11.3 Å². The fraction of sp³-hybridized carbons (Fsp3) is 0.353. The summed E-state index contributed by atoms with van der Waals surface area (Å²) in [6.07, 6.45) is 2.67. The topological polar surface area (TPSA) is 94.5 Å². The highest BCUT2D eigenvalue weighted by atomic mass is 32.1. The Hall–Kier alpha value is -3.99. The number of hydrogen-bond acceptors (Lipinski definition) is 8. The van der Waals surface area contributed by atoms with Crippen LogP contribution in [-0.4, -0.2) is 57.2 Å². The number of hydrogen-bond donors (Lipinski definition) is 3. The Bertz CT molecular complexity index is 1780. The number of rotatable bonds is 4. The molecule has 3 aliphatic heterocycles. The van der Waals surface area contributed by atoms with Crippen LogP contribution in [0.15, 0.2) is 59.7 Å². The number of halogens is 1. The van der Waals surface area contributed by atoms with E-state index in [1.165, 1.54) is 16.5 Å². The smallest absolute Gasteiger partial charge is 0.253 e. The number of amides is 1. The number of aliphatic imine (C=N–C) groups is 1. The molecule has 1 fully saturated rings. The van der Waals surface area contributed by atoms with E-state index in [9.17, 15) is 4.79 Å². The molecule has 0 spiro atoms. The Kier molecular flexibility index (Phi) is 7.10. The summed E-state index contributed by atoms with van der Waals surface area (Å²) in [4.78, 5) is 32.1. The van der Waals surface area contributed by atoms with E-state index in [-0.39, 0.29) is 22.8 Å². The van der Waals surface area contributed by atoms with Gasteiger partial charge in [0.25, 0.3) is 5.91 Å². The maximum absolute atomic E-state index is 15.1. The molecule has 0 unspecified atom stereocenters. The third kappa shape index (κ3) is 5.42. The molecule has 1 amide bonds. The zero-order chi connectivity index (χ0) is 30.6. The molecule has 1 saturated heterocycles. The van der Waals surface area contributed by atoms with E-state index < -0.39 is 0 Å². The van der Waals surface area contributed by atoms with Gasteiger partial charge in [0.1, 0.15) is 5.82 Å². The lowest BCUT2D eigenvalue weighted by molar-refractivity contribution is 0.0472. The number of carbonyl (C=O) groups is 1. The largest absolute Gasteiger partial charge is 0.335 e. The number of anilines is 2. The second-order valence-corrected chi connectivity index (χ2v) is 14.2. The van der Waals surface area contributed by atoms with Crippen LogP contribution in [0.25, 0.3) is 10.6 Å². The minimum atomic E-state index is -0.281. The molecule has 0 atom stereocenters. The fourth-order valence-electron chi connectivity index (χ4n) is 6.80. The summed E-state index contributed by atoms with van der Waals surface area (Å²) in [7, 11) is 0. The lowest BCUT2D eigenvalue weighted by Crippen LogP contribution is -2.67. The molecular formula is C34H36FN7OS. The molecule has 3 N–H and O–H groups in total. The van der Waals surface area contributed by atoms with Crippen LogP contribution in [0.3, 0.4) is 0 Å². The molecule has 8 nitrogen and oxygen atoms in total. The Morgan fingerprint density at radius 1 is 1.05 bits per heavy atom. The predicted octanol–water partition coefficient (Wildman–Crippen LogP) is 5.69. The van der Waals surface area contributed by atoms with Crippen molar-refractivity contribution in [1.29, 1.82) is 0 Å². The molecule has 2 aromatic carbocycles. The first-order valence-electron chi connectivity index (χ1n) is 15.0. The minimum absolute atomic E-state index is 0.0230. The molecular weight excluding hydrogens is 573 g/mol. The number of nitrogens with zero attached hydrogens (tertiary/aromatic N) is 4. The van der Waals surface area contributed by atoms with Gasteiger partial charge in [0.2, 0.25) is 5.95 Å². The average Bonchev–Trinajstić information content (AvgIpc) is 3.29. The van der Waals surface area contributed by atoms with Gasteiger partial charge in [-0.15, -0.1) is 11.3 Å². The zero-order valence-electron chi connectivity index (χ0n) is 25.4. The first-order chi connectivity index (χ1) is 21.1. The summed E-state index contributed by atoms with van der Waals surface area (Å²) >= 11 is 1.70. The van der Waals surface area contributed by atoms with Gasteiger partial charge in [0.05, 0.1) is 22.8 Å². The van der Waals surface area contributed by atoms with Crippen molar-refractivity contribution in [3.8, 4) is 10.6 Å². The van der Waals surface area contributed by atoms with Gasteiger partial charge in [-0.1, -0.05) is 12.1 Å². The van der Waals surface area contributed by atoms with Crippen LogP contribution in [0, 0.1) is 5.82 Å². The van der Waals surface area contributed by atoms with Gasteiger partial charge < -0.3 is 20.9 Å². The Morgan fingerprint density at radius 2 is 1.80 bits per heavy atom. The quantitative estimate of drug-likeness (QED) is 0.275. The van der Waals surface area contributed by atoms with Crippen LogP contribution in [0.2, 0.25) is 0 Å². The molecule has 0 bridgehead atoms. The monoisotopic (exact) mass is 609 g/mol. The van der Waals surface area contributed by atoms with E-state index in [0.29, 0.717) is 42.4 Å². The molecule has 226 valence electrons. The summed E-state index contributed by atoms with van der Waals surface area (Å²) in [6, 6.07) is 14.3. The lowest BCUT2D eigenvalue weighted by Gasteiger charge is -2.48. The number of thiophene rings is 1. The highest BCUT2D eigenvalue weighted by Crippen LogP contribution is 2.42. The maximum Gasteiger partial charge on any atom is 0.253 e. The standard InChI is InChI=1S/C34H36FN7OS/c1-33(2)18-42(19-34(3,4)41-33)31(43)20-9-11-22(12-10-20)39-32-38-16-21-15-37-29(23-7-5-6-8-25(23)35)27-24-13-14-36-17-26(24)44-30(27)28(21)40-32/h5-12,16,36,41H,13-15,17-19H2,1-4H3,(H,38,39,40). The van der Waals surface area contributed by atoms with Crippen LogP contribution in [0.4, 0.5) is 16.0 Å². The van der Waals surface area contributed by atoms with E-state index in [1.54, 1.807) is 23.5 Å². The van der Waals surface area contributed by atoms with Crippen molar-refractivity contribution in [2.75, 3.05) is 25.0 Å². The molecule has 0 radical (unpaired) electrons. The van der Waals surface area contributed by atoms with Gasteiger partial charge in [-0.2, -0.15) is 0 Å². The molecule has 5 heterocycles. The third-order valence-corrected chi connectivity index (χ3v) is 9.54. The first-order valence-corrected chi connectivity index (χ1v) is 15.9. The van der Waals surface area contributed by atoms with E-state index in [4.69, 9.17) is 9.98 Å². The van der Waals surface area contributed by atoms with Gasteiger partial charge in [-0.3, -0.25) is 9.79 Å². The number of aromatic nitrogens is 2. The number of piperazine rings is 1. The van der Waals surface area contributed by atoms with Crippen LogP contribution < -0.4 is 16.0 Å². The zero-order valence-corrected chi connectivity index (χ0v) is 26.2. The first kappa shape index (κ1) is 28.8. The highest BCUT2D eigenvalue weighted by molar-refractivity contribution is 7.16. The normalized spacial score (nSPS) is 18.4. The molecule has 7 rings (SSSR count). The fourth-order valence-corrected chi connectivity index (χ4v) is 8.15. The molecule has 0 aliphatic carbocycles. The number of fused-ring (bicyclic) bond motifs is 5. The molecule has 3 aliphatic rings. The van der Waals surface area contributed by atoms with E-state index in [2.05, 4.69) is 48.6 Å². The Labute approximate surface area is 260 Å². The van der Waals surface area contributed by atoms with Gasteiger partial charge in [-0.25, -0.2) is 14.4 Å². The Balaban J connectivity index is 1.18. The van der Waals surface area contributed by atoms with Crippen molar-refractivity contribution in [2.45, 2.75) is 58.3 Å². The summed E-state index contributed by atoms with van der Waals surface area (Å²) in [5.74, 6) is 0.199. The van der Waals surface area contributed by atoms with Crippen molar-refractivity contribution in [1.82, 2.24) is 25.5 Å². The van der Waals surface area contributed by atoms with Gasteiger partial charge >= 0.3 is 0 Å². The van der Waals surface area contributed by atoms with Gasteiger partial charge in [-0.05, 0) is 82.6 Å². The molecule has 44 heavy (non-hydrogen) atoms. The number of benzene rings is 2. The minimum Gasteiger partial charge on any atom is -0.335 e. The second-order valence-electron chi connectivity index (χ2n) is 13.1. The molecule has 2 aromatic heterocycles. The maximum atomic E-state index is 15.1. The van der Waals surface area contributed by atoms with Gasteiger partial charge in [0.15, 0.2) is 0 Å². The van der Waals surface area contributed by atoms with Crippen molar-refractivity contribution in [3.63, 3.8) is 0 Å². The second kappa shape index (κ2) is 10.9. The van der Waals surface area contributed by atoms with E-state index >= 15 is 4.39 Å². The number of nitrogens with one attached hydrogen (secondary N) is 3. The average molecular weight is 610 g/mol. The van der Waals surface area contributed by atoms with E-state index in [0.717, 1.165) is 46.9 Å². The molecule has 4 aromatic rings. The van der Waals surface area contributed by atoms with Crippen molar-refractivity contribution < 1.29 is 9.18 Å². The summed E-state index contributed by atoms with van der Waals surface area (Å²) in [5, 5.41) is 10.4. The van der Waals surface area contributed by atoms with Crippen molar-refractivity contribution >= 4 is 34.6 Å². The summed E-state index contributed by atoms with van der Waals surface area (Å²) in [5.41, 5.74) is 6.23.